The maximum absolute atomic E-state index is 13.4. The number of methoxy groups -OCH3 is 2. The molecule has 9 nitrogen and oxygen atoms in total. The molecular formula is C27H34FN3O6. The summed E-state index contributed by atoms with van der Waals surface area (Å²) in [5.74, 6) is 0.307. The molecule has 1 unspecified atom stereocenters. The minimum atomic E-state index is -0.392. The number of hydrogen-bond acceptors (Lipinski definition) is 7. The smallest absolute Gasteiger partial charge is 0.254 e. The average molecular weight is 516 g/mol. The van der Waals surface area contributed by atoms with Crippen molar-refractivity contribution < 1.29 is 32.9 Å². The zero-order chi connectivity index (χ0) is 26.2. The van der Waals surface area contributed by atoms with E-state index in [0.717, 1.165) is 13.1 Å². The van der Waals surface area contributed by atoms with Crippen molar-refractivity contribution in [2.75, 3.05) is 79.9 Å². The minimum absolute atomic E-state index is 0.140. The first-order chi connectivity index (χ1) is 18.0. The Kier molecular flexibility index (Phi) is 9.32. The van der Waals surface area contributed by atoms with E-state index in [1.165, 1.54) is 31.4 Å². The lowest BCUT2D eigenvalue weighted by Crippen LogP contribution is -2.52. The number of carbonyl (C=O) groups excluding carboxylic acids is 2. The Bertz CT molecular complexity index is 1060. The van der Waals surface area contributed by atoms with Gasteiger partial charge in [-0.25, -0.2) is 4.39 Å². The predicted octanol–water partition coefficient (Wildman–Crippen LogP) is 2.16. The van der Waals surface area contributed by atoms with Crippen molar-refractivity contribution in [2.45, 2.75) is 6.10 Å². The summed E-state index contributed by atoms with van der Waals surface area (Å²) in [7, 11) is 3.07. The van der Waals surface area contributed by atoms with Crippen molar-refractivity contribution in [3.8, 4) is 11.5 Å². The van der Waals surface area contributed by atoms with Crippen molar-refractivity contribution in [3.63, 3.8) is 0 Å². The number of amides is 2. The van der Waals surface area contributed by atoms with Gasteiger partial charge in [0.2, 0.25) is 0 Å². The van der Waals surface area contributed by atoms with Gasteiger partial charge in [0.15, 0.2) is 11.5 Å². The number of morpholine rings is 2. The summed E-state index contributed by atoms with van der Waals surface area (Å²) < 4.78 is 35.5. The molecule has 2 amide bonds. The van der Waals surface area contributed by atoms with Crippen LogP contribution in [0.4, 0.5) is 4.39 Å². The van der Waals surface area contributed by atoms with Crippen LogP contribution in [0.1, 0.15) is 20.7 Å². The van der Waals surface area contributed by atoms with Gasteiger partial charge in [-0.15, -0.1) is 0 Å². The highest BCUT2D eigenvalue weighted by Crippen LogP contribution is 2.28. The van der Waals surface area contributed by atoms with E-state index in [0.29, 0.717) is 75.2 Å². The molecule has 1 atom stereocenters. The number of nitrogens with zero attached hydrogens (tertiary/aromatic N) is 3. The van der Waals surface area contributed by atoms with Crippen molar-refractivity contribution in [1.29, 1.82) is 0 Å². The number of ether oxygens (including phenoxy) is 4. The van der Waals surface area contributed by atoms with E-state index >= 15 is 0 Å². The summed E-state index contributed by atoms with van der Waals surface area (Å²) in [5.41, 5.74) is 0.905. The number of benzene rings is 2. The fourth-order valence-electron chi connectivity index (χ4n) is 4.55. The molecule has 10 heteroatoms. The Morgan fingerprint density at radius 3 is 2.38 bits per heavy atom. The summed E-state index contributed by atoms with van der Waals surface area (Å²) in [5, 5.41) is 0. The number of carbonyl (C=O) groups is 2. The molecule has 0 radical (unpaired) electrons. The van der Waals surface area contributed by atoms with E-state index in [4.69, 9.17) is 18.9 Å². The van der Waals surface area contributed by atoms with Gasteiger partial charge in [-0.1, -0.05) is 0 Å². The van der Waals surface area contributed by atoms with Crippen LogP contribution in [0, 0.1) is 5.82 Å². The Hall–Kier alpha value is -3.21. The van der Waals surface area contributed by atoms with Crippen molar-refractivity contribution in [3.05, 3.63) is 59.4 Å². The zero-order valence-electron chi connectivity index (χ0n) is 21.4. The maximum Gasteiger partial charge on any atom is 0.254 e. The molecule has 2 aliphatic rings. The SMILES string of the molecule is COc1ccc(C(=O)N2CCOC(CN(CCN3CCOCC3)C(=O)c3ccc(F)cc3)C2)cc1OC. The van der Waals surface area contributed by atoms with Gasteiger partial charge in [0.05, 0.1) is 40.1 Å². The quantitative estimate of drug-likeness (QED) is 0.506. The minimum Gasteiger partial charge on any atom is -0.493 e. The molecule has 0 bridgehead atoms. The zero-order valence-corrected chi connectivity index (χ0v) is 21.4. The second kappa shape index (κ2) is 12.8. The van der Waals surface area contributed by atoms with Gasteiger partial charge in [0.1, 0.15) is 5.82 Å². The lowest BCUT2D eigenvalue weighted by atomic mass is 10.1. The van der Waals surface area contributed by atoms with E-state index in [1.54, 1.807) is 35.1 Å². The Labute approximate surface area is 216 Å². The first-order valence-electron chi connectivity index (χ1n) is 12.5. The fourth-order valence-corrected chi connectivity index (χ4v) is 4.55. The molecule has 2 aromatic rings. The molecule has 4 rings (SSSR count). The summed E-state index contributed by atoms with van der Waals surface area (Å²) in [6.07, 6.45) is -0.355. The summed E-state index contributed by atoms with van der Waals surface area (Å²) in [4.78, 5) is 32.3. The second-order valence-electron chi connectivity index (χ2n) is 9.03. The third kappa shape index (κ3) is 6.97. The average Bonchev–Trinajstić information content (AvgIpc) is 2.95. The molecule has 200 valence electrons. The van der Waals surface area contributed by atoms with Gasteiger partial charge >= 0.3 is 0 Å². The van der Waals surface area contributed by atoms with Crippen LogP contribution in [-0.2, 0) is 9.47 Å². The second-order valence-corrected chi connectivity index (χ2v) is 9.03. The Morgan fingerprint density at radius 2 is 1.68 bits per heavy atom. The van der Waals surface area contributed by atoms with Crippen LogP contribution in [0.15, 0.2) is 42.5 Å². The molecule has 0 aromatic heterocycles. The number of halogens is 1. The van der Waals surface area contributed by atoms with Gasteiger partial charge in [0.25, 0.3) is 11.8 Å². The van der Waals surface area contributed by atoms with Gasteiger partial charge in [-0.05, 0) is 42.5 Å². The largest absolute Gasteiger partial charge is 0.493 e. The van der Waals surface area contributed by atoms with Gasteiger partial charge in [-0.2, -0.15) is 0 Å². The van der Waals surface area contributed by atoms with E-state index in [-0.39, 0.29) is 17.9 Å². The van der Waals surface area contributed by atoms with Crippen molar-refractivity contribution in [2.24, 2.45) is 0 Å². The number of hydrogen-bond donors (Lipinski definition) is 0. The van der Waals surface area contributed by atoms with Gasteiger partial charge in [-0.3, -0.25) is 14.5 Å². The topological polar surface area (TPSA) is 80.8 Å². The first kappa shape index (κ1) is 26.8. The van der Waals surface area contributed by atoms with Crippen LogP contribution in [-0.4, -0.2) is 112 Å². The van der Waals surface area contributed by atoms with Crippen LogP contribution < -0.4 is 9.47 Å². The number of rotatable bonds is 9. The van der Waals surface area contributed by atoms with Crippen LogP contribution in [0.5, 0.6) is 11.5 Å². The molecule has 2 aliphatic heterocycles. The van der Waals surface area contributed by atoms with Crippen molar-refractivity contribution in [1.82, 2.24) is 14.7 Å². The van der Waals surface area contributed by atoms with Gasteiger partial charge in [0, 0.05) is 56.9 Å². The normalized spacial score (nSPS) is 18.4. The standard InChI is InChI=1S/C27H34FN3O6/c1-34-24-8-5-21(17-25(24)35-2)27(33)31-13-16-37-23(19-31)18-30(10-9-29-11-14-36-15-12-29)26(32)20-3-6-22(28)7-4-20/h3-8,17,23H,9-16,18-19H2,1-2H3. The van der Waals surface area contributed by atoms with Crippen LogP contribution in [0.3, 0.4) is 0 Å². The predicted molar refractivity (Wildman–Crippen MR) is 135 cm³/mol. The highest BCUT2D eigenvalue weighted by atomic mass is 19.1. The Balaban J connectivity index is 1.44. The van der Waals surface area contributed by atoms with Crippen LogP contribution in [0.2, 0.25) is 0 Å². The lowest BCUT2D eigenvalue weighted by Gasteiger charge is -2.37. The Morgan fingerprint density at radius 1 is 0.973 bits per heavy atom. The monoisotopic (exact) mass is 515 g/mol. The molecular weight excluding hydrogens is 481 g/mol. The summed E-state index contributed by atoms with van der Waals surface area (Å²) >= 11 is 0. The molecule has 0 saturated carbocycles. The highest BCUT2D eigenvalue weighted by molar-refractivity contribution is 5.95. The van der Waals surface area contributed by atoms with E-state index in [9.17, 15) is 14.0 Å². The molecule has 0 N–H and O–H groups in total. The highest BCUT2D eigenvalue weighted by Gasteiger charge is 2.29. The van der Waals surface area contributed by atoms with Crippen LogP contribution in [0.25, 0.3) is 0 Å². The van der Waals surface area contributed by atoms with E-state index < -0.39 is 5.82 Å². The first-order valence-corrected chi connectivity index (χ1v) is 12.5. The van der Waals surface area contributed by atoms with Crippen molar-refractivity contribution >= 4 is 11.8 Å². The molecule has 2 saturated heterocycles. The fraction of sp³-hybridized carbons (Fsp3) is 0.481. The van der Waals surface area contributed by atoms with E-state index in [2.05, 4.69) is 4.90 Å². The third-order valence-corrected chi connectivity index (χ3v) is 6.65. The molecule has 2 fully saturated rings. The van der Waals surface area contributed by atoms with Crippen LogP contribution >= 0.6 is 0 Å². The molecule has 0 spiro atoms. The lowest BCUT2D eigenvalue weighted by molar-refractivity contribution is -0.0347. The molecule has 2 heterocycles. The molecule has 37 heavy (non-hydrogen) atoms. The molecule has 2 aromatic carbocycles. The van der Waals surface area contributed by atoms with Gasteiger partial charge < -0.3 is 28.7 Å². The molecule has 0 aliphatic carbocycles. The maximum atomic E-state index is 13.4. The third-order valence-electron chi connectivity index (χ3n) is 6.65. The summed E-state index contributed by atoms with van der Waals surface area (Å²) in [6, 6.07) is 10.6. The van der Waals surface area contributed by atoms with E-state index in [1.807, 2.05) is 0 Å². The summed E-state index contributed by atoms with van der Waals surface area (Å²) in [6.45, 7) is 5.62.